The van der Waals surface area contributed by atoms with Crippen molar-refractivity contribution in [3.8, 4) is 6.07 Å². The van der Waals surface area contributed by atoms with E-state index in [0.717, 1.165) is 10.5 Å². The molecule has 0 radical (unpaired) electrons. The molecule has 3 rings (SSSR count). The average molecular weight is 320 g/mol. The Morgan fingerprint density at radius 2 is 1.50 bits per heavy atom. The molecule has 0 saturated heterocycles. The molecule has 2 aromatic rings. The SMILES string of the molecule is N#CCC[NH+](Cc1ccccc1)CN1C(=O)c2ccccc2C1=O. The van der Waals surface area contributed by atoms with E-state index < -0.39 is 0 Å². The van der Waals surface area contributed by atoms with Gasteiger partial charge in [-0.05, 0) is 12.1 Å². The molecule has 1 N–H and O–H groups in total. The first-order valence-electron chi connectivity index (χ1n) is 7.90. The lowest BCUT2D eigenvalue weighted by Gasteiger charge is -2.23. The number of quaternary nitrogens is 1. The number of carbonyl (C=O) groups is 2. The molecule has 1 heterocycles. The molecule has 5 nitrogen and oxygen atoms in total. The molecule has 0 saturated carbocycles. The molecule has 0 aromatic heterocycles. The summed E-state index contributed by atoms with van der Waals surface area (Å²) in [6.07, 6.45) is 0.380. The van der Waals surface area contributed by atoms with Crippen LogP contribution in [-0.2, 0) is 6.54 Å². The quantitative estimate of drug-likeness (QED) is 0.815. The van der Waals surface area contributed by atoms with E-state index in [-0.39, 0.29) is 18.5 Å². The highest BCUT2D eigenvalue weighted by molar-refractivity contribution is 6.21. The van der Waals surface area contributed by atoms with Crippen LogP contribution in [0.1, 0.15) is 32.7 Å². The van der Waals surface area contributed by atoms with Gasteiger partial charge < -0.3 is 4.90 Å². The van der Waals surface area contributed by atoms with Crippen LogP contribution in [0, 0.1) is 11.3 Å². The molecule has 0 spiro atoms. The standard InChI is InChI=1S/C19H17N3O2/c20-11-6-12-21(13-15-7-2-1-3-8-15)14-22-18(23)16-9-4-5-10-17(16)19(22)24/h1-5,7-10H,6,12-14H2/p+1. The Kier molecular flexibility index (Phi) is 4.69. The minimum atomic E-state index is -0.252. The number of imide groups is 1. The van der Waals surface area contributed by atoms with Gasteiger partial charge in [-0.1, -0.05) is 42.5 Å². The number of nitriles is 1. The number of fused-ring (bicyclic) bond motifs is 1. The van der Waals surface area contributed by atoms with Gasteiger partial charge in [-0.3, -0.25) is 9.59 Å². The fraction of sp³-hybridized carbons (Fsp3) is 0.211. The van der Waals surface area contributed by atoms with Gasteiger partial charge >= 0.3 is 0 Å². The molecule has 1 atom stereocenters. The second-order valence-corrected chi connectivity index (χ2v) is 5.81. The lowest BCUT2D eigenvalue weighted by molar-refractivity contribution is -0.920. The summed E-state index contributed by atoms with van der Waals surface area (Å²) in [4.78, 5) is 27.3. The number of carbonyl (C=O) groups excluding carboxylic acids is 2. The maximum atomic E-state index is 12.5. The molecule has 2 aromatic carbocycles. The van der Waals surface area contributed by atoms with Crippen LogP contribution in [-0.4, -0.2) is 29.9 Å². The summed E-state index contributed by atoms with van der Waals surface area (Å²) >= 11 is 0. The molecular formula is C19H18N3O2+. The van der Waals surface area contributed by atoms with Crippen LogP contribution >= 0.6 is 0 Å². The first-order chi connectivity index (χ1) is 11.7. The summed E-state index contributed by atoms with van der Waals surface area (Å²) in [5, 5.41) is 8.88. The number of benzene rings is 2. The van der Waals surface area contributed by atoms with E-state index in [1.807, 2.05) is 30.3 Å². The highest BCUT2D eigenvalue weighted by atomic mass is 16.2. The van der Waals surface area contributed by atoms with Crippen molar-refractivity contribution in [2.45, 2.75) is 13.0 Å². The molecular weight excluding hydrogens is 302 g/mol. The van der Waals surface area contributed by atoms with Crippen LogP contribution in [0.5, 0.6) is 0 Å². The van der Waals surface area contributed by atoms with E-state index in [0.29, 0.717) is 30.6 Å². The Morgan fingerprint density at radius 3 is 2.08 bits per heavy atom. The van der Waals surface area contributed by atoms with Crippen molar-refractivity contribution >= 4 is 11.8 Å². The van der Waals surface area contributed by atoms with Crippen molar-refractivity contribution in [1.82, 2.24) is 4.90 Å². The zero-order chi connectivity index (χ0) is 16.9. The summed E-state index contributed by atoms with van der Waals surface area (Å²) in [7, 11) is 0. The van der Waals surface area contributed by atoms with E-state index >= 15 is 0 Å². The predicted molar refractivity (Wildman–Crippen MR) is 88.0 cm³/mol. The average Bonchev–Trinajstić information content (AvgIpc) is 2.86. The summed E-state index contributed by atoms with van der Waals surface area (Å²) in [5.74, 6) is -0.503. The largest absolute Gasteiger partial charge is 0.313 e. The third kappa shape index (κ3) is 3.19. The Hall–Kier alpha value is -2.97. The van der Waals surface area contributed by atoms with Crippen molar-refractivity contribution < 1.29 is 14.5 Å². The number of hydrogen-bond acceptors (Lipinski definition) is 3. The summed E-state index contributed by atoms with van der Waals surface area (Å²) < 4.78 is 0. The van der Waals surface area contributed by atoms with Crippen LogP contribution in [0.15, 0.2) is 54.6 Å². The third-order valence-electron chi connectivity index (χ3n) is 4.15. The smallest absolute Gasteiger partial charge is 0.265 e. The molecule has 2 amide bonds. The molecule has 0 fully saturated rings. The van der Waals surface area contributed by atoms with Gasteiger partial charge in [0.25, 0.3) is 11.8 Å². The van der Waals surface area contributed by atoms with Gasteiger partial charge in [-0.2, -0.15) is 5.26 Å². The highest BCUT2D eigenvalue weighted by Crippen LogP contribution is 2.21. The van der Waals surface area contributed by atoms with Gasteiger partial charge in [0, 0.05) is 5.56 Å². The van der Waals surface area contributed by atoms with Gasteiger partial charge in [0.05, 0.1) is 30.2 Å². The first kappa shape index (κ1) is 15.9. The summed E-state index contributed by atoms with van der Waals surface area (Å²) in [6.45, 7) is 1.51. The van der Waals surface area contributed by atoms with Crippen LogP contribution < -0.4 is 4.90 Å². The first-order valence-corrected chi connectivity index (χ1v) is 7.90. The Balaban J connectivity index is 1.77. The molecule has 24 heavy (non-hydrogen) atoms. The molecule has 1 unspecified atom stereocenters. The van der Waals surface area contributed by atoms with Gasteiger partial charge in [0.2, 0.25) is 0 Å². The monoisotopic (exact) mass is 320 g/mol. The van der Waals surface area contributed by atoms with E-state index in [1.165, 1.54) is 4.90 Å². The molecule has 0 bridgehead atoms. The minimum Gasteiger partial charge on any atom is -0.313 e. The van der Waals surface area contributed by atoms with Gasteiger partial charge in [-0.25, -0.2) is 4.90 Å². The van der Waals surface area contributed by atoms with Gasteiger partial charge in [0.15, 0.2) is 6.67 Å². The lowest BCUT2D eigenvalue weighted by atomic mass is 10.1. The van der Waals surface area contributed by atoms with Crippen molar-refractivity contribution in [2.24, 2.45) is 0 Å². The van der Waals surface area contributed by atoms with Crippen LogP contribution in [0.3, 0.4) is 0 Å². The van der Waals surface area contributed by atoms with Gasteiger partial charge in [0.1, 0.15) is 6.54 Å². The maximum Gasteiger partial charge on any atom is 0.265 e. The van der Waals surface area contributed by atoms with E-state index in [1.54, 1.807) is 24.3 Å². The summed E-state index contributed by atoms with van der Waals surface area (Å²) in [5.41, 5.74) is 2.03. The lowest BCUT2D eigenvalue weighted by Crippen LogP contribution is -3.12. The van der Waals surface area contributed by atoms with Gasteiger partial charge in [-0.15, -0.1) is 0 Å². The fourth-order valence-corrected chi connectivity index (χ4v) is 2.95. The maximum absolute atomic E-state index is 12.5. The number of hydrogen-bond donors (Lipinski definition) is 1. The zero-order valence-electron chi connectivity index (χ0n) is 13.2. The molecule has 1 aliphatic heterocycles. The molecule has 0 aliphatic carbocycles. The topological polar surface area (TPSA) is 65.6 Å². The zero-order valence-corrected chi connectivity index (χ0v) is 13.2. The van der Waals surface area contributed by atoms with Crippen molar-refractivity contribution in [3.05, 3.63) is 71.3 Å². The Bertz CT molecular complexity index is 761. The Morgan fingerprint density at radius 1 is 0.917 bits per heavy atom. The molecule has 5 heteroatoms. The number of nitrogens with zero attached hydrogens (tertiary/aromatic N) is 2. The predicted octanol–water partition coefficient (Wildman–Crippen LogP) is 1.24. The second kappa shape index (κ2) is 7.07. The number of rotatable bonds is 6. The van der Waals surface area contributed by atoms with E-state index in [2.05, 4.69) is 6.07 Å². The van der Waals surface area contributed by atoms with Crippen LogP contribution in [0.25, 0.3) is 0 Å². The van der Waals surface area contributed by atoms with Crippen LogP contribution in [0.2, 0.25) is 0 Å². The number of nitrogens with one attached hydrogen (secondary N) is 1. The Labute approximate surface area is 140 Å². The van der Waals surface area contributed by atoms with E-state index in [9.17, 15) is 9.59 Å². The van der Waals surface area contributed by atoms with E-state index in [4.69, 9.17) is 5.26 Å². The van der Waals surface area contributed by atoms with Crippen molar-refractivity contribution in [2.75, 3.05) is 13.2 Å². The molecule has 1 aliphatic rings. The fourth-order valence-electron chi connectivity index (χ4n) is 2.95. The van der Waals surface area contributed by atoms with Crippen molar-refractivity contribution in [1.29, 1.82) is 5.26 Å². The highest BCUT2D eigenvalue weighted by Gasteiger charge is 2.37. The normalized spacial score (nSPS) is 14.4. The summed E-state index contributed by atoms with van der Waals surface area (Å²) in [6, 6.07) is 18.9. The minimum absolute atomic E-state index is 0.252. The van der Waals surface area contributed by atoms with Crippen LogP contribution in [0.4, 0.5) is 0 Å². The third-order valence-corrected chi connectivity index (χ3v) is 4.15. The second-order valence-electron chi connectivity index (χ2n) is 5.81. The molecule has 120 valence electrons. The number of amides is 2. The van der Waals surface area contributed by atoms with Crippen molar-refractivity contribution in [3.63, 3.8) is 0 Å².